The molecule has 0 heterocycles. The van der Waals surface area contributed by atoms with Gasteiger partial charge in [0.25, 0.3) is 0 Å². The molecule has 1 aromatic carbocycles. The highest BCUT2D eigenvalue weighted by Gasteiger charge is 2.23. The highest BCUT2D eigenvalue weighted by molar-refractivity contribution is 7.89. The van der Waals surface area contributed by atoms with Crippen LogP contribution in [-0.4, -0.2) is 32.4 Å². The number of hydrogen-bond donors (Lipinski definition) is 1. The first-order valence-corrected chi connectivity index (χ1v) is 8.82. The summed E-state index contributed by atoms with van der Waals surface area (Å²) in [6.45, 7) is 12.0. The van der Waals surface area contributed by atoms with Crippen molar-refractivity contribution in [2.24, 2.45) is 0 Å². The molecule has 0 unspecified atom stereocenters. The highest BCUT2D eigenvalue weighted by Crippen LogP contribution is 2.20. The predicted octanol–water partition coefficient (Wildman–Crippen LogP) is 2.69. The van der Waals surface area contributed by atoms with Crippen molar-refractivity contribution < 1.29 is 8.42 Å². The third kappa shape index (κ3) is 4.66. The summed E-state index contributed by atoms with van der Waals surface area (Å²) in [5.74, 6) is 0. The van der Waals surface area contributed by atoms with Gasteiger partial charge in [-0.05, 0) is 43.1 Å². The Labute approximate surface area is 128 Å². The Morgan fingerprint density at radius 1 is 1.33 bits per heavy atom. The van der Waals surface area contributed by atoms with E-state index in [9.17, 15) is 8.42 Å². The minimum atomic E-state index is -3.46. The second kappa shape index (κ2) is 8.32. The van der Waals surface area contributed by atoms with Gasteiger partial charge in [-0.1, -0.05) is 26.0 Å². The number of benzene rings is 1. The maximum absolute atomic E-state index is 12.7. The monoisotopic (exact) mass is 310 g/mol. The number of rotatable bonds is 9. The molecular formula is C16H26N2O2S. The van der Waals surface area contributed by atoms with Crippen LogP contribution < -0.4 is 5.32 Å². The SMILES string of the molecule is C=CCN(CCC)S(=O)(=O)c1ccc(C)c(CNCC)c1. The minimum absolute atomic E-state index is 0.340. The van der Waals surface area contributed by atoms with Crippen LogP contribution in [0.15, 0.2) is 35.7 Å². The van der Waals surface area contributed by atoms with Crippen molar-refractivity contribution in [2.75, 3.05) is 19.6 Å². The van der Waals surface area contributed by atoms with E-state index in [4.69, 9.17) is 0 Å². The standard InChI is InChI=1S/C16H26N2O2S/c1-5-10-18(11-6-2)21(19,20)16-9-8-14(4)15(12-16)13-17-7-3/h5,8-9,12,17H,1,6-7,10-11,13H2,2-4H3. The average molecular weight is 310 g/mol. The highest BCUT2D eigenvalue weighted by atomic mass is 32.2. The lowest BCUT2D eigenvalue weighted by atomic mass is 10.1. The Hall–Kier alpha value is -1.17. The van der Waals surface area contributed by atoms with E-state index < -0.39 is 10.0 Å². The molecule has 0 saturated carbocycles. The maximum atomic E-state index is 12.7. The van der Waals surface area contributed by atoms with Crippen molar-refractivity contribution in [3.8, 4) is 0 Å². The molecule has 118 valence electrons. The summed E-state index contributed by atoms with van der Waals surface area (Å²) in [6.07, 6.45) is 2.41. The fraction of sp³-hybridized carbons (Fsp3) is 0.500. The number of sulfonamides is 1. The Bertz CT molecular complexity index is 568. The molecule has 0 aromatic heterocycles. The second-order valence-corrected chi connectivity index (χ2v) is 6.96. The number of aryl methyl sites for hydroxylation is 1. The normalized spacial score (nSPS) is 11.8. The summed E-state index contributed by atoms with van der Waals surface area (Å²) in [4.78, 5) is 0.358. The molecule has 0 saturated heterocycles. The van der Waals surface area contributed by atoms with E-state index in [0.717, 1.165) is 24.1 Å². The van der Waals surface area contributed by atoms with E-state index in [2.05, 4.69) is 11.9 Å². The first-order chi connectivity index (χ1) is 9.97. The fourth-order valence-electron chi connectivity index (χ4n) is 2.11. The van der Waals surface area contributed by atoms with Crippen molar-refractivity contribution in [3.05, 3.63) is 42.0 Å². The summed E-state index contributed by atoms with van der Waals surface area (Å²) in [5, 5.41) is 3.24. The molecule has 0 amide bonds. The Balaban J connectivity index is 3.14. The molecule has 21 heavy (non-hydrogen) atoms. The summed E-state index contributed by atoms with van der Waals surface area (Å²) in [7, 11) is -3.46. The van der Waals surface area contributed by atoms with Gasteiger partial charge in [-0.15, -0.1) is 6.58 Å². The van der Waals surface area contributed by atoms with Crippen LogP contribution in [0.2, 0.25) is 0 Å². The van der Waals surface area contributed by atoms with E-state index >= 15 is 0 Å². The molecular weight excluding hydrogens is 284 g/mol. The molecule has 0 aliphatic rings. The zero-order valence-corrected chi connectivity index (χ0v) is 14.0. The molecule has 0 radical (unpaired) electrons. The first-order valence-electron chi connectivity index (χ1n) is 7.38. The van der Waals surface area contributed by atoms with Crippen LogP contribution in [0.3, 0.4) is 0 Å². The van der Waals surface area contributed by atoms with Crippen LogP contribution in [0, 0.1) is 6.92 Å². The van der Waals surface area contributed by atoms with E-state index in [1.807, 2.05) is 26.8 Å². The smallest absolute Gasteiger partial charge is 0.243 e. The van der Waals surface area contributed by atoms with Crippen LogP contribution in [0.25, 0.3) is 0 Å². The van der Waals surface area contributed by atoms with Crippen LogP contribution in [0.4, 0.5) is 0 Å². The van der Waals surface area contributed by atoms with Crippen molar-refractivity contribution in [1.82, 2.24) is 9.62 Å². The molecule has 0 atom stereocenters. The summed E-state index contributed by atoms with van der Waals surface area (Å²) < 4.78 is 26.9. The lowest BCUT2D eigenvalue weighted by Gasteiger charge is -2.21. The third-order valence-corrected chi connectivity index (χ3v) is 5.19. The maximum Gasteiger partial charge on any atom is 0.243 e. The van der Waals surface area contributed by atoms with Gasteiger partial charge in [0, 0.05) is 19.6 Å². The van der Waals surface area contributed by atoms with Crippen LogP contribution in [0.5, 0.6) is 0 Å². The van der Waals surface area contributed by atoms with Crippen molar-refractivity contribution in [2.45, 2.75) is 38.6 Å². The molecule has 0 fully saturated rings. The van der Waals surface area contributed by atoms with Gasteiger partial charge in [0.1, 0.15) is 0 Å². The Morgan fingerprint density at radius 3 is 2.62 bits per heavy atom. The van der Waals surface area contributed by atoms with Crippen molar-refractivity contribution in [3.63, 3.8) is 0 Å². The van der Waals surface area contributed by atoms with E-state index in [-0.39, 0.29) is 0 Å². The van der Waals surface area contributed by atoms with Gasteiger partial charge < -0.3 is 5.32 Å². The molecule has 1 rings (SSSR count). The van der Waals surface area contributed by atoms with Gasteiger partial charge in [-0.25, -0.2) is 8.42 Å². The van der Waals surface area contributed by atoms with Gasteiger partial charge in [-0.2, -0.15) is 4.31 Å². The van der Waals surface area contributed by atoms with Crippen LogP contribution in [-0.2, 0) is 16.6 Å². The predicted molar refractivity (Wildman–Crippen MR) is 87.8 cm³/mol. The minimum Gasteiger partial charge on any atom is -0.313 e. The topological polar surface area (TPSA) is 49.4 Å². The summed E-state index contributed by atoms with van der Waals surface area (Å²) in [6, 6.07) is 5.34. The Morgan fingerprint density at radius 2 is 2.05 bits per heavy atom. The number of nitrogens with one attached hydrogen (secondary N) is 1. The van der Waals surface area contributed by atoms with Gasteiger partial charge in [0.05, 0.1) is 4.90 Å². The van der Waals surface area contributed by atoms with E-state index in [1.54, 1.807) is 18.2 Å². The van der Waals surface area contributed by atoms with Crippen molar-refractivity contribution >= 4 is 10.0 Å². The molecule has 5 heteroatoms. The molecule has 1 aromatic rings. The molecule has 4 nitrogen and oxygen atoms in total. The molecule has 1 N–H and O–H groups in total. The van der Waals surface area contributed by atoms with Gasteiger partial charge in [-0.3, -0.25) is 0 Å². The van der Waals surface area contributed by atoms with E-state index in [0.29, 0.717) is 24.5 Å². The number of hydrogen-bond acceptors (Lipinski definition) is 3. The first kappa shape index (κ1) is 17.9. The zero-order valence-electron chi connectivity index (χ0n) is 13.2. The molecule has 0 spiro atoms. The lowest BCUT2D eigenvalue weighted by molar-refractivity contribution is 0.441. The summed E-state index contributed by atoms with van der Waals surface area (Å²) >= 11 is 0. The fourth-order valence-corrected chi connectivity index (χ4v) is 3.66. The second-order valence-electron chi connectivity index (χ2n) is 5.02. The third-order valence-electron chi connectivity index (χ3n) is 3.33. The Kier molecular flexibility index (Phi) is 7.08. The lowest BCUT2D eigenvalue weighted by Crippen LogP contribution is -2.32. The van der Waals surface area contributed by atoms with Gasteiger partial charge in [0.2, 0.25) is 10.0 Å². The molecule has 0 bridgehead atoms. The quantitative estimate of drug-likeness (QED) is 0.713. The zero-order chi connectivity index (χ0) is 15.9. The summed E-state index contributed by atoms with van der Waals surface area (Å²) in [5.41, 5.74) is 2.12. The number of nitrogens with zero attached hydrogens (tertiary/aromatic N) is 1. The average Bonchev–Trinajstić information content (AvgIpc) is 2.46. The van der Waals surface area contributed by atoms with Crippen LogP contribution >= 0.6 is 0 Å². The van der Waals surface area contributed by atoms with Gasteiger partial charge >= 0.3 is 0 Å². The van der Waals surface area contributed by atoms with E-state index in [1.165, 1.54) is 4.31 Å². The molecule has 0 aliphatic heterocycles. The molecule has 0 aliphatic carbocycles. The van der Waals surface area contributed by atoms with Gasteiger partial charge in [0.15, 0.2) is 0 Å². The van der Waals surface area contributed by atoms with Crippen LogP contribution in [0.1, 0.15) is 31.4 Å². The largest absolute Gasteiger partial charge is 0.313 e. The van der Waals surface area contributed by atoms with Crippen molar-refractivity contribution in [1.29, 1.82) is 0 Å².